The summed E-state index contributed by atoms with van der Waals surface area (Å²) < 4.78 is 6.32. The number of carbonyl (C=O) groups is 2. The SMILES string of the molecule is C=CCN1CC[C@@]2(c3cccc(O)c3)C[C@@H](N(CC(C)C)C(=O)Cc3ccc(Cl)c(Cl)c3)CC[C@]2(OC(C)=O)C1. The minimum absolute atomic E-state index is 0.0345. The summed E-state index contributed by atoms with van der Waals surface area (Å²) in [6, 6.07) is 12.6. The average molecular weight is 588 g/mol. The molecule has 3 atom stereocenters. The van der Waals surface area contributed by atoms with E-state index < -0.39 is 11.0 Å². The molecule has 4 rings (SSSR count). The maximum Gasteiger partial charge on any atom is 0.303 e. The lowest BCUT2D eigenvalue weighted by atomic mass is 9.54. The molecular weight excluding hydrogens is 547 g/mol. The van der Waals surface area contributed by atoms with E-state index >= 15 is 0 Å². The molecule has 1 aliphatic heterocycles. The number of nitrogens with zero attached hydrogens (tertiary/aromatic N) is 2. The van der Waals surface area contributed by atoms with Gasteiger partial charge in [0.15, 0.2) is 0 Å². The summed E-state index contributed by atoms with van der Waals surface area (Å²) in [5, 5.41) is 11.4. The molecule has 0 spiro atoms. The van der Waals surface area contributed by atoms with Crippen molar-refractivity contribution in [2.45, 2.75) is 69.9 Å². The molecule has 2 aromatic rings. The van der Waals surface area contributed by atoms with Gasteiger partial charge in [0.05, 0.1) is 16.5 Å². The van der Waals surface area contributed by atoms with Crippen LogP contribution < -0.4 is 0 Å². The molecule has 0 bridgehead atoms. The van der Waals surface area contributed by atoms with Gasteiger partial charge in [-0.1, -0.05) is 61.3 Å². The molecule has 0 aromatic heterocycles. The summed E-state index contributed by atoms with van der Waals surface area (Å²) in [6.07, 6.45) is 4.77. The van der Waals surface area contributed by atoms with Gasteiger partial charge in [-0.3, -0.25) is 14.5 Å². The average Bonchev–Trinajstić information content (AvgIpc) is 2.89. The Morgan fingerprint density at radius 2 is 1.98 bits per heavy atom. The second-order valence-corrected chi connectivity index (χ2v) is 12.6. The van der Waals surface area contributed by atoms with Gasteiger partial charge in [0, 0.05) is 38.0 Å². The Balaban J connectivity index is 1.74. The maximum atomic E-state index is 13.9. The molecule has 8 heteroatoms. The fourth-order valence-corrected chi connectivity index (χ4v) is 7.16. The van der Waals surface area contributed by atoms with Gasteiger partial charge in [0.1, 0.15) is 11.4 Å². The highest BCUT2D eigenvalue weighted by atomic mass is 35.5. The van der Waals surface area contributed by atoms with Crippen molar-refractivity contribution in [2.24, 2.45) is 5.92 Å². The normalized spacial score (nSPS) is 24.8. The van der Waals surface area contributed by atoms with Crippen molar-refractivity contribution in [1.82, 2.24) is 9.80 Å². The van der Waals surface area contributed by atoms with Gasteiger partial charge in [-0.05, 0) is 73.5 Å². The molecule has 2 aromatic carbocycles. The highest BCUT2D eigenvalue weighted by Gasteiger charge is 2.61. The number of hydrogen-bond acceptors (Lipinski definition) is 5. The van der Waals surface area contributed by atoms with Gasteiger partial charge in [-0.2, -0.15) is 0 Å². The van der Waals surface area contributed by atoms with Gasteiger partial charge in [-0.15, -0.1) is 6.58 Å². The van der Waals surface area contributed by atoms with E-state index in [4.69, 9.17) is 27.9 Å². The Hall–Kier alpha value is -2.54. The van der Waals surface area contributed by atoms with Crippen LogP contribution in [0.4, 0.5) is 0 Å². The number of likely N-dealkylation sites (tertiary alicyclic amines) is 1. The smallest absolute Gasteiger partial charge is 0.303 e. The van der Waals surface area contributed by atoms with Gasteiger partial charge in [0.25, 0.3) is 0 Å². The molecule has 2 fully saturated rings. The fourth-order valence-electron chi connectivity index (χ4n) is 6.84. The van der Waals surface area contributed by atoms with Crippen molar-refractivity contribution in [1.29, 1.82) is 0 Å². The van der Waals surface area contributed by atoms with Gasteiger partial charge in [-0.25, -0.2) is 0 Å². The van der Waals surface area contributed by atoms with Crippen LogP contribution in [-0.4, -0.2) is 64.6 Å². The summed E-state index contributed by atoms with van der Waals surface area (Å²) in [7, 11) is 0. The first kappa shape index (κ1) is 30.4. The zero-order chi connectivity index (χ0) is 29.1. The Bertz CT molecular complexity index is 1250. The van der Waals surface area contributed by atoms with Crippen LogP contribution in [0.25, 0.3) is 0 Å². The predicted molar refractivity (Wildman–Crippen MR) is 160 cm³/mol. The molecule has 40 heavy (non-hydrogen) atoms. The van der Waals surface area contributed by atoms with Crippen LogP contribution in [0.1, 0.15) is 57.6 Å². The standard InChI is InChI=1S/C32H40Cl2N2O4/c1-5-14-35-15-13-31(25-7-6-8-27(38)18-25)19-26(11-12-32(31,21-35)40-23(4)37)36(20-22(2)3)30(39)17-24-9-10-28(33)29(34)16-24/h5-10,16,18,22,26,38H,1,11-15,17,19-21H2,2-4H3/t26-,31-,32-/m0/s1. The highest BCUT2D eigenvalue weighted by Crippen LogP contribution is 2.55. The third-order valence-electron chi connectivity index (χ3n) is 8.46. The molecule has 2 aliphatic rings. The number of halogens is 2. The minimum Gasteiger partial charge on any atom is -0.508 e. The lowest BCUT2D eigenvalue weighted by molar-refractivity contribution is -0.190. The molecule has 0 unspecified atom stereocenters. The van der Waals surface area contributed by atoms with E-state index in [1.165, 1.54) is 6.92 Å². The Labute approximate surface area is 247 Å². The zero-order valence-corrected chi connectivity index (χ0v) is 25.2. The molecule has 1 N–H and O–H groups in total. The number of phenolic OH excluding ortho intramolecular Hbond substituents is 1. The summed E-state index contributed by atoms with van der Waals surface area (Å²) >= 11 is 12.4. The number of carbonyl (C=O) groups excluding carboxylic acids is 2. The lowest BCUT2D eigenvalue weighted by Crippen LogP contribution is -2.69. The van der Waals surface area contributed by atoms with E-state index in [-0.39, 0.29) is 36.0 Å². The number of benzene rings is 2. The van der Waals surface area contributed by atoms with E-state index in [0.29, 0.717) is 48.9 Å². The number of esters is 1. The minimum atomic E-state index is -0.791. The summed E-state index contributed by atoms with van der Waals surface area (Å²) in [5.41, 5.74) is 0.398. The Morgan fingerprint density at radius 1 is 1.20 bits per heavy atom. The number of fused-ring (bicyclic) bond motifs is 1. The number of phenols is 1. The second-order valence-electron chi connectivity index (χ2n) is 11.8. The first-order valence-corrected chi connectivity index (χ1v) is 14.8. The molecular formula is C32H40Cl2N2O4. The first-order valence-electron chi connectivity index (χ1n) is 14.0. The van der Waals surface area contributed by atoms with Crippen molar-refractivity contribution >= 4 is 35.1 Å². The number of piperidine rings is 1. The molecule has 1 aliphatic carbocycles. The predicted octanol–water partition coefficient (Wildman–Crippen LogP) is 6.41. The Morgan fingerprint density at radius 3 is 2.62 bits per heavy atom. The summed E-state index contributed by atoms with van der Waals surface area (Å²) in [5.74, 6) is 0.156. The lowest BCUT2D eigenvalue weighted by Gasteiger charge is -2.60. The van der Waals surface area contributed by atoms with Crippen molar-refractivity contribution in [3.05, 3.63) is 76.3 Å². The quantitative estimate of drug-likeness (QED) is 0.271. The van der Waals surface area contributed by atoms with Crippen molar-refractivity contribution in [3.63, 3.8) is 0 Å². The molecule has 1 saturated carbocycles. The maximum absolute atomic E-state index is 13.9. The van der Waals surface area contributed by atoms with Crippen LogP contribution in [0.5, 0.6) is 5.75 Å². The third-order valence-corrected chi connectivity index (χ3v) is 9.20. The molecule has 1 heterocycles. The first-order chi connectivity index (χ1) is 19.0. The van der Waals surface area contributed by atoms with E-state index in [9.17, 15) is 14.7 Å². The van der Waals surface area contributed by atoms with Crippen molar-refractivity contribution < 1.29 is 19.4 Å². The van der Waals surface area contributed by atoms with Crippen LogP contribution in [0.3, 0.4) is 0 Å². The topological polar surface area (TPSA) is 70.1 Å². The van der Waals surface area contributed by atoms with Crippen molar-refractivity contribution in [3.8, 4) is 5.75 Å². The molecule has 6 nitrogen and oxygen atoms in total. The van der Waals surface area contributed by atoms with E-state index in [1.807, 2.05) is 29.2 Å². The number of ether oxygens (including phenoxy) is 1. The van der Waals surface area contributed by atoms with Crippen LogP contribution in [0, 0.1) is 5.92 Å². The van der Waals surface area contributed by atoms with E-state index in [2.05, 4.69) is 25.3 Å². The monoisotopic (exact) mass is 586 g/mol. The summed E-state index contributed by atoms with van der Waals surface area (Å²) in [6.45, 7) is 12.3. The fraction of sp³-hybridized carbons (Fsp3) is 0.500. The summed E-state index contributed by atoms with van der Waals surface area (Å²) in [4.78, 5) is 30.8. The van der Waals surface area contributed by atoms with Gasteiger partial charge in [0.2, 0.25) is 5.91 Å². The highest BCUT2D eigenvalue weighted by molar-refractivity contribution is 6.42. The molecule has 1 amide bonds. The third kappa shape index (κ3) is 6.35. The largest absolute Gasteiger partial charge is 0.508 e. The van der Waals surface area contributed by atoms with E-state index in [0.717, 1.165) is 24.1 Å². The van der Waals surface area contributed by atoms with E-state index in [1.54, 1.807) is 24.3 Å². The number of rotatable bonds is 9. The Kier molecular flexibility index (Phi) is 9.54. The number of amides is 1. The number of hydrogen-bond donors (Lipinski definition) is 1. The van der Waals surface area contributed by atoms with Crippen LogP contribution in [-0.2, 0) is 26.2 Å². The van der Waals surface area contributed by atoms with Crippen LogP contribution in [0.2, 0.25) is 10.0 Å². The van der Waals surface area contributed by atoms with Crippen LogP contribution in [0.15, 0.2) is 55.1 Å². The second kappa shape index (κ2) is 12.5. The molecule has 216 valence electrons. The molecule has 1 saturated heterocycles. The van der Waals surface area contributed by atoms with Crippen LogP contribution >= 0.6 is 23.2 Å². The molecule has 0 radical (unpaired) electrons. The zero-order valence-electron chi connectivity index (χ0n) is 23.7. The van der Waals surface area contributed by atoms with Gasteiger partial charge < -0.3 is 14.7 Å². The van der Waals surface area contributed by atoms with Gasteiger partial charge >= 0.3 is 5.97 Å². The van der Waals surface area contributed by atoms with Crippen molar-refractivity contribution in [2.75, 3.05) is 26.2 Å². The number of aromatic hydroxyl groups is 1.